The normalized spacial score (nSPS) is 11.5. The summed E-state index contributed by atoms with van der Waals surface area (Å²) in [5, 5.41) is 1.53. The van der Waals surface area contributed by atoms with Gasteiger partial charge in [0.2, 0.25) is 0 Å². The minimum absolute atomic E-state index is 0.0632. The minimum atomic E-state index is 0.0632. The topological polar surface area (TPSA) is 34.9 Å². The highest BCUT2D eigenvalue weighted by atomic mass is 32.2. The van der Waals surface area contributed by atoms with Crippen LogP contribution in [0.1, 0.15) is 42.7 Å². The van der Waals surface area contributed by atoms with Gasteiger partial charge in [0.15, 0.2) is 5.16 Å². The van der Waals surface area contributed by atoms with E-state index >= 15 is 0 Å². The molecule has 0 bridgehead atoms. The van der Waals surface area contributed by atoms with E-state index in [4.69, 9.17) is 4.98 Å². The average Bonchev–Trinajstić information content (AvgIpc) is 3.01. The predicted octanol–water partition coefficient (Wildman–Crippen LogP) is 4.91. The average molecular weight is 359 g/mol. The highest BCUT2D eigenvalue weighted by molar-refractivity contribution is 7.98. The second-order valence-corrected chi connectivity index (χ2v) is 8.06. The van der Waals surface area contributed by atoms with Crippen LogP contribution < -0.4 is 5.56 Å². The van der Waals surface area contributed by atoms with Crippen molar-refractivity contribution >= 4 is 33.3 Å². The number of hydrogen-bond donors (Lipinski definition) is 0. The number of nitrogens with zero attached hydrogens (tertiary/aromatic N) is 2. The lowest BCUT2D eigenvalue weighted by Crippen LogP contribution is -2.23. The molecule has 0 spiro atoms. The van der Waals surface area contributed by atoms with Crippen LogP contribution in [0.25, 0.3) is 10.2 Å². The van der Waals surface area contributed by atoms with E-state index in [-0.39, 0.29) is 5.56 Å². The molecule has 2 heterocycles. The summed E-state index contributed by atoms with van der Waals surface area (Å²) in [6.45, 7) is 7.04. The Hall–Kier alpha value is -1.59. The van der Waals surface area contributed by atoms with Crippen molar-refractivity contribution in [1.82, 2.24) is 9.55 Å². The van der Waals surface area contributed by atoms with Crippen molar-refractivity contribution in [1.29, 1.82) is 0 Å². The Morgan fingerprint density at radius 2 is 1.96 bits per heavy atom. The number of fused-ring (bicyclic) bond motifs is 1. The summed E-state index contributed by atoms with van der Waals surface area (Å²) in [6, 6.07) is 10.5. The molecule has 0 unspecified atom stereocenters. The fourth-order valence-electron chi connectivity index (χ4n) is 2.71. The molecule has 0 N–H and O–H groups in total. The van der Waals surface area contributed by atoms with Gasteiger partial charge in [0, 0.05) is 4.88 Å². The Morgan fingerprint density at radius 3 is 2.54 bits per heavy atom. The van der Waals surface area contributed by atoms with E-state index in [1.54, 1.807) is 15.9 Å². The zero-order valence-electron chi connectivity index (χ0n) is 14.5. The molecule has 3 rings (SSSR count). The molecule has 3 aromatic rings. The number of hydrogen-bond acceptors (Lipinski definition) is 4. The van der Waals surface area contributed by atoms with Crippen LogP contribution in [0.3, 0.4) is 0 Å². The van der Waals surface area contributed by atoms with Gasteiger partial charge < -0.3 is 0 Å². The summed E-state index contributed by atoms with van der Waals surface area (Å²) in [7, 11) is 0. The van der Waals surface area contributed by atoms with Gasteiger partial charge in [0.1, 0.15) is 4.83 Å². The van der Waals surface area contributed by atoms with Crippen molar-refractivity contribution in [3.05, 3.63) is 56.7 Å². The van der Waals surface area contributed by atoms with Crippen LogP contribution in [0.5, 0.6) is 0 Å². The van der Waals surface area contributed by atoms with Gasteiger partial charge in [-0.3, -0.25) is 9.36 Å². The number of rotatable bonds is 5. The maximum Gasteiger partial charge on any atom is 0.263 e. The molecule has 0 fully saturated rings. The molecule has 5 heteroatoms. The summed E-state index contributed by atoms with van der Waals surface area (Å²) in [5.74, 6) is 0.514. The first-order valence-electron chi connectivity index (χ1n) is 8.19. The molecular weight excluding hydrogens is 336 g/mol. The minimum Gasteiger partial charge on any atom is -0.283 e. The Kier molecular flexibility index (Phi) is 5.11. The van der Waals surface area contributed by atoms with Gasteiger partial charge in [-0.1, -0.05) is 56.8 Å². The lowest BCUT2D eigenvalue weighted by molar-refractivity contribution is 0.660. The Bertz CT molecular complexity index is 908. The molecule has 0 saturated carbocycles. The number of thiophene rings is 1. The number of thioether (sulfide) groups is 1. The smallest absolute Gasteiger partial charge is 0.263 e. The summed E-state index contributed by atoms with van der Waals surface area (Å²) in [4.78, 5) is 19.7. The highest BCUT2D eigenvalue weighted by Gasteiger charge is 2.13. The fraction of sp³-hybridized carbons (Fsp3) is 0.368. The summed E-state index contributed by atoms with van der Waals surface area (Å²) < 4.78 is 1.80. The fourth-order valence-corrected chi connectivity index (χ4v) is 4.27. The third kappa shape index (κ3) is 3.28. The molecule has 0 aliphatic carbocycles. The van der Waals surface area contributed by atoms with E-state index in [0.29, 0.717) is 12.5 Å². The first-order chi connectivity index (χ1) is 11.5. The molecule has 0 atom stereocenters. The molecule has 0 saturated heterocycles. The SMILES string of the molecule is CCc1cc2c(=O)n(Cc3ccc(C(C)C)cc3)c(SC)nc2s1. The van der Waals surface area contributed by atoms with E-state index in [2.05, 4.69) is 45.0 Å². The van der Waals surface area contributed by atoms with Gasteiger partial charge in [0.05, 0.1) is 11.9 Å². The Morgan fingerprint density at radius 1 is 1.25 bits per heavy atom. The zero-order chi connectivity index (χ0) is 17.3. The summed E-state index contributed by atoms with van der Waals surface area (Å²) in [6.07, 6.45) is 2.91. The van der Waals surface area contributed by atoms with Crippen LogP contribution in [0.4, 0.5) is 0 Å². The van der Waals surface area contributed by atoms with Crippen LogP contribution >= 0.6 is 23.1 Å². The lowest BCUT2D eigenvalue weighted by atomic mass is 10.0. The first kappa shape index (κ1) is 17.2. The molecular formula is C19H22N2OS2. The molecule has 0 aliphatic heterocycles. The molecule has 1 aromatic carbocycles. The first-order valence-corrected chi connectivity index (χ1v) is 10.2. The third-order valence-electron chi connectivity index (χ3n) is 4.19. The third-order valence-corrected chi connectivity index (χ3v) is 6.04. The molecule has 24 heavy (non-hydrogen) atoms. The predicted molar refractivity (Wildman–Crippen MR) is 105 cm³/mol. The zero-order valence-corrected chi connectivity index (χ0v) is 16.1. The lowest BCUT2D eigenvalue weighted by Gasteiger charge is -2.12. The molecule has 0 radical (unpaired) electrons. The van der Waals surface area contributed by atoms with E-state index in [9.17, 15) is 4.79 Å². The van der Waals surface area contributed by atoms with Gasteiger partial charge in [-0.15, -0.1) is 11.3 Å². The summed E-state index contributed by atoms with van der Waals surface area (Å²) >= 11 is 3.15. The number of benzene rings is 1. The van der Waals surface area contributed by atoms with E-state index in [1.807, 2.05) is 12.3 Å². The molecule has 0 aliphatic rings. The number of aryl methyl sites for hydroxylation is 1. The monoisotopic (exact) mass is 358 g/mol. The van der Waals surface area contributed by atoms with Crippen LogP contribution in [-0.2, 0) is 13.0 Å². The van der Waals surface area contributed by atoms with E-state index in [0.717, 1.165) is 27.4 Å². The maximum atomic E-state index is 12.9. The maximum absolute atomic E-state index is 12.9. The molecule has 0 amide bonds. The van der Waals surface area contributed by atoms with Gasteiger partial charge in [-0.25, -0.2) is 4.98 Å². The second kappa shape index (κ2) is 7.11. The van der Waals surface area contributed by atoms with Gasteiger partial charge in [-0.05, 0) is 35.8 Å². The van der Waals surface area contributed by atoms with Gasteiger partial charge in [-0.2, -0.15) is 0 Å². The van der Waals surface area contributed by atoms with Crippen LogP contribution in [0, 0.1) is 0 Å². The van der Waals surface area contributed by atoms with Crippen molar-refractivity contribution in [2.24, 2.45) is 0 Å². The van der Waals surface area contributed by atoms with E-state index in [1.165, 1.54) is 22.2 Å². The Balaban J connectivity index is 2.04. The van der Waals surface area contributed by atoms with E-state index < -0.39 is 0 Å². The van der Waals surface area contributed by atoms with Crippen molar-refractivity contribution in [3.63, 3.8) is 0 Å². The van der Waals surface area contributed by atoms with Gasteiger partial charge >= 0.3 is 0 Å². The molecule has 126 valence electrons. The largest absolute Gasteiger partial charge is 0.283 e. The van der Waals surface area contributed by atoms with Crippen molar-refractivity contribution in [3.8, 4) is 0 Å². The number of aromatic nitrogens is 2. The van der Waals surface area contributed by atoms with Crippen molar-refractivity contribution in [2.75, 3.05) is 6.26 Å². The van der Waals surface area contributed by atoms with Crippen molar-refractivity contribution < 1.29 is 0 Å². The van der Waals surface area contributed by atoms with Gasteiger partial charge in [0.25, 0.3) is 5.56 Å². The van der Waals surface area contributed by atoms with Crippen molar-refractivity contribution in [2.45, 2.75) is 44.8 Å². The van der Waals surface area contributed by atoms with Crippen LogP contribution in [-0.4, -0.2) is 15.8 Å². The highest BCUT2D eigenvalue weighted by Crippen LogP contribution is 2.25. The summed E-state index contributed by atoms with van der Waals surface area (Å²) in [5.41, 5.74) is 2.51. The quantitative estimate of drug-likeness (QED) is 0.480. The Labute approximate surface area is 150 Å². The molecule has 3 nitrogen and oxygen atoms in total. The standard InChI is InChI=1S/C19H22N2OS2/c1-5-15-10-16-17(24-15)20-19(23-4)21(18(16)22)11-13-6-8-14(9-7-13)12(2)3/h6-10,12H,5,11H2,1-4H3. The second-order valence-electron chi connectivity index (χ2n) is 6.17. The molecule has 2 aromatic heterocycles. The van der Waals surface area contributed by atoms with Crippen LogP contribution in [0.2, 0.25) is 0 Å². The van der Waals surface area contributed by atoms with Crippen LogP contribution in [0.15, 0.2) is 40.3 Å².